The van der Waals surface area contributed by atoms with Crippen molar-refractivity contribution in [3.8, 4) is 17.0 Å². The van der Waals surface area contributed by atoms with Crippen LogP contribution in [0.3, 0.4) is 0 Å². The highest BCUT2D eigenvalue weighted by molar-refractivity contribution is 5.81. The van der Waals surface area contributed by atoms with Gasteiger partial charge in [-0.05, 0) is 55.9 Å². The summed E-state index contributed by atoms with van der Waals surface area (Å²) in [4.78, 5) is 14.3. The molecule has 142 valence electrons. The van der Waals surface area contributed by atoms with Crippen LogP contribution in [-0.4, -0.2) is 47.7 Å². The van der Waals surface area contributed by atoms with Crippen molar-refractivity contribution in [2.24, 2.45) is 11.8 Å². The lowest BCUT2D eigenvalue weighted by atomic mass is 9.97. The molecule has 1 aromatic carbocycles. The first-order valence-electron chi connectivity index (χ1n) is 9.74. The third-order valence-corrected chi connectivity index (χ3v) is 5.38. The fourth-order valence-corrected chi connectivity index (χ4v) is 3.70. The zero-order valence-electron chi connectivity index (χ0n) is 15.7. The van der Waals surface area contributed by atoms with Gasteiger partial charge in [-0.3, -0.25) is 4.79 Å². The van der Waals surface area contributed by atoms with E-state index in [-0.39, 0.29) is 0 Å². The molecule has 2 aromatic rings. The monoisotopic (exact) mass is 366 g/mol. The molecule has 0 spiro atoms. The van der Waals surface area contributed by atoms with Crippen molar-refractivity contribution < 1.29 is 9.53 Å². The molecule has 1 atom stereocenters. The first-order chi connectivity index (χ1) is 13.2. The number of para-hydroxylation sites is 1. The van der Waals surface area contributed by atoms with Crippen LogP contribution in [0.4, 0.5) is 5.82 Å². The van der Waals surface area contributed by atoms with E-state index in [1.165, 1.54) is 0 Å². The molecule has 1 aliphatic carbocycles. The highest BCUT2D eigenvalue weighted by atomic mass is 16.5. The van der Waals surface area contributed by atoms with Crippen molar-refractivity contribution in [1.82, 2.24) is 15.1 Å². The van der Waals surface area contributed by atoms with Gasteiger partial charge in [0.2, 0.25) is 5.91 Å². The minimum atomic E-state index is 0.310. The molecule has 1 unspecified atom stereocenters. The number of nitrogens with one attached hydrogen (secondary N) is 1. The summed E-state index contributed by atoms with van der Waals surface area (Å²) in [7, 11) is 1.66. The van der Waals surface area contributed by atoms with Crippen LogP contribution in [-0.2, 0) is 4.79 Å². The second kappa shape index (κ2) is 7.94. The van der Waals surface area contributed by atoms with Crippen molar-refractivity contribution >= 4 is 11.7 Å². The highest BCUT2D eigenvalue weighted by Gasteiger charge is 2.35. The van der Waals surface area contributed by atoms with Gasteiger partial charge in [0.1, 0.15) is 11.6 Å². The third kappa shape index (κ3) is 4.21. The van der Waals surface area contributed by atoms with Crippen molar-refractivity contribution in [2.75, 3.05) is 32.1 Å². The summed E-state index contributed by atoms with van der Waals surface area (Å²) in [6.07, 6.45) is 4.39. The number of carbonyl (C=O) groups excluding carboxylic acids is 1. The summed E-state index contributed by atoms with van der Waals surface area (Å²) in [5.74, 6) is 2.69. The molecule has 2 aliphatic rings. The molecule has 2 fully saturated rings. The Morgan fingerprint density at radius 3 is 2.78 bits per heavy atom. The van der Waals surface area contributed by atoms with Crippen LogP contribution in [0, 0.1) is 11.8 Å². The number of aromatic nitrogens is 2. The number of nitrogens with zero attached hydrogens (tertiary/aromatic N) is 3. The summed E-state index contributed by atoms with van der Waals surface area (Å²) < 4.78 is 5.39. The number of likely N-dealkylation sites (tertiary alicyclic amines) is 1. The van der Waals surface area contributed by atoms with Crippen LogP contribution in [0.15, 0.2) is 36.4 Å². The Kier molecular flexibility index (Phi) is 5.23. The van der Waals surface area contributed by atoms with E-state index in [0.29, 0.717) is 17.7 Å². The second-order valence-electron chi connectivity index (χ2n) is 7.45. The van der Waals surface area contributed by atoms with Crippen LogP contribution < -0.4 is 10.1 Å². The summed E-state index contributed by atoms with van der Waals surface area (Å²) in [6.45, 7) is 2.59. The average Bonchev–Trinajstić information content (AvgIpc) is 3.58. The summed E-state index contributed by atoms with van der Waals surface area (Å²) in [5.41, 5.74) is 1.72. The number of methoxy groups -OCH3 is 1. The number of benzene rings is 1. The van der Waals surface area contributed by atoms with Gasteiger partial charge in [0.25, 0.3) is 0 Å². The van der Waals surface area contributed by atoms with E-state index in [4.69, 9.17) is 4.74 Å². The summed E-state index contributed by atoms with van der Waals surface area (Å²) in [5, 5.41) is 12.0. The minimum Gasteiger partial charge on any atom is -0.496 e. The van der Waals surface area contributed by atoms with Crippen molar-refractivity contribution in [3.05, 3.63) is 36.4 Å². The Bertz CT molecular complexity index is 789. The van der Waals surface area contributed by atoms with Crippen LogP contribution in [0.5, 0.6) is 5.75 Å². The van der Waals surface area contributed by atoms with E-state index in [0.717, 1.165) is 68.1 Å². The van der Waals surface area contributed by atoms with E-state index < -0.39 is 0 Å². The van der Waals surface area contributed by atoms with Gasteiger partial charge in [0.05, 0.1) is 12.8 Å². The molecule has 1 saturated carbocycles. The number of amides is 1. The number of anilines is 1. The summed E-state index contributed by atoms with van der Waals surface area (Å²) >= 11 is 0. The molecule has 0 radical (unpaired) electrons. The summed E-state index contributed by atoms with van der Waals surface area (Å²) in [6, 6.07) is 11.7. The molecule has 1 saturated heterocycles. The molecule has 1 aromatic heterocycles. The molecule has 1 aliphatic heterocycles. The lowest BCUT2D eigenvalue weighted by molar-refractivity contribution is -0.134. The number of rotatable bonds is 6. The predicted octanol–water partition coefficient (Wildman–Crippen LogP) is 3.21. The lowest BCUT2D eigenvalue weighted by Gasteiger charge is -2.33. The molecule has 4 rings (SSSR count). The molecule has 27 heavy (non-hydrogen) atoms. The first kappa shape index (κ1) is 17.8. The Morgan fingerprint density at radius 2 is 2.04 bits per heavy atom. The Morgan fingerprint density at radius 1 is 1.19 bits per heavy atom. The van der Waals surface area contributed by atoms with E-state index in [9.17, 15) is 4.79 Å². The molecule has 0 bridgehead atoms. The zero-order valence-corrected chi connectivity index (χ0v) is 15.7. The Hall–Kier alpha value is -2.63. The van der Waals surface area contributed by atoms with Crippen molar-refractivity contribution in [1.29, 1.82) is 0 Å². The topological polar surface area (TPSA) is 67.3 Å². The van der Waals surface area contributed by atoms with Crippen LogP contribution >= 0.6 is 0 Å². The van der Waals surface area contributed by atoms with E-state index in [2.05, 4.69) is 20.4 Å². The van der Waals surface area contributed by atoms with Gasteiger partial charge in [-0.25, -0.2) is 0 Å². The maximum absolute atomic E-state index is 12.3. The van der Waals surface area contributed by atoms with E-state index in [1.54, 1.807) is 7.11 Å². The highest BCUT2D eigenvalue weighted by Crippen LogP contribution is 2.32. The van der Waals surface area contributed by atoms with E-state index in [1.807, 2.05) is 36.4 Å². The molecule has 1 N–H and O–H groups in total. The van der Waals surface area contributed by atoms with Gasteiger partial charge in [-0.1, -0.05) is 12.1 Å². The number of carbonyl (C=O) groups is 1. The maximum atomic E-state index is 12.3. The maximum Gasteiger partial charge on any atom is 0.225 e. The largest absolute Gasteiger partial charge is 0.496 e. The molecule has 6 nitrogen and oxygen atoms in total. The predicted molar refractivity (Wildman–Crippen MR) is 105 cm³/mol. The number of hydrogen-bond acceptors (Lipinski definition) is 5. The molecule has 2 heterocycles. The third-order valence-electron chi connectivity index (χ3n) is 5.38. The van der Waals surface area contributed by atoms with Gasteiger partial charge < -0.3 is 15.0 Å². The van der Waals surface area contributed by atoms with Gasteiger partial charge in [0.15, 0.2) is 0 Å². The lowest BCUT2D eigenvalue weighted by Crippen LogP contribution is -2.42. The van der Waals surface area contributed by atoms with Crippen LogP contribution in [0.2, 0.25) is 0 Å². The quantitative estimate of drug-likeness (QED) is 0.850. The normalized spacial score (nSPS) is 19.6. The smallest absolute Gasteiger partial charge is 0.225 e. The fourth-order valence-electron chi connectivity index (χ4n) is 3.70. The van der Waals surface area contributed by atoms with Gasteiger partial charge in [0, 0.05) is 31.1 Å². The standard InChI is InChI=1S/C21H26N4O2/c1-27-19-7-3-2-6-17(19)18-10-11-20(24-23-18)22-13-15-5-4-12-25(14-15)21(26)16-8-9-16/h2-3,6-7,10-11,15-16H,4-5,8-9,12-14H2,1H3,(H,22,24). The van der Waals surface area contributed by atoms with Crippen LogP contribution in [0.25, 0.3) is 11.3 Å². The SMILES string of the molecule is COc1ccccc1-c1ccc(NCC2CCCN(C(=O)C3CC3)C2)nn1. The van der Waals surface area contributed by atoms with Gasteiger partial charge in [-0.2, -0.15) is 0 Å². The molecular weight excluding hydrogens is 340 g/mol. The number of ether oxygens (including phenoxy) is 1. The molecule has 6 heteroatoms. The molecule has 1 amide bonds. The van der Waals surface area contributed by atoms with Gasteiger partial charge in [-0.15, -0.1) is 10.2 Å². The average molecular weight is 366 g/mol. The number of piperidine rings is 1. The number of hydrogen-bond donors (Lipinski definition) is 1. The second-order valence-corrected chi connectivity index (χ2v) is 7.45. The van der Waals surface area contributed by atoms with Gasteiger partial charge >= 0.3 is 0 Å². The Balaban J connectivity index is 1.34. The Labute approximate surface area is 159 Å². The van der Waals surface area contributed by atoms with Crippen LogP contribution in [0.1, 0.15) is 25.7 Å². The van der Waals surface area contributed by atoms with Crippen molar-refractivity contribution in [3.63, 3.8) is 0 Å². The zero-order chi connectivity index (χ0) is 18.6. The minimum absolute atomic E-state index is 0.310. The van der Waals surface area contributed by atoms with Crippen molar-refractivity contribution in [2.45, 2.75) is 25.7 Å². The first-order valence-corrected chi connectivity index (χ1v) is 9.74. The van der Waals surface area contributed by atoms with E-state index >= 15 is 0 Å². The molecular formula is C21H26N4O2. The fraction of sp³-hybridized carbons (Fsp3) is 0.476.